The summed E-state index contributed by atoms with van der Waals surface area (Å²) in [6.45, 7) is 6.24. The van der Waals surface area contributed by atoms with Gasteiger partial charge in [0.15, 0.2) is 0 Å². The van der Waals surface area contributed by atoms with Crippen molar-refractivity contribution < 1.29 is 4.74 Å². The van der Waals surface area contributed by atoms with Crippen molar-refractivity contribution in [1.29, 1.82) is 0 Å². The number of thioether (sulfide) groups is 1. The Morgan fingerprint density at radius 2 is 2.35 bits per heavy atom. The van der Waals surface area contributed by atoms with Gasteiger partial charge in [0.2, 0.25) is 0 Å². The summed E-state index contributed by atoms with van der Waals surface area (Å²) in [6, 6.07) is 1.28. The van der Waals surface area contributed by atoms with E-state index in [0.29, 0.717) is 17.3 Å². The summed E-state index contributed by atoms with van der Waals surface area (Å²) >= 11 is 1.94. The van der Waals surface area contributed by atoms with Gasteiger partial charge in [0.1, 0.15) is 0 Å². The third-order valence-corrected chi connectivity index (χ3v) is 5.08. The lowest BCUT2D eigenvalue weighted by Gasteiger charge is -2.33. The zero-order valence-electron chi connectivity index (χ0n) is 11.1. The maximum absolute atomic E-state index is 5.60. The SMILES string of the molecule is CSC(C)CNC1CCCC1C1COCCN1. The second-order valence-electron chi connectivity index (χ2n) is 5.29. The lowest BCUT2D eigenvalue weighted by molar-refractivity contribution is 0.0526. The Morgan fingerprint density at radius 3 is 3.06 bits per heavy atom. The number of hydrogen-bond donors (Lipinski definition) is 2. The molecule has 4 heteroatoms. The largest absolute Gasteiger partial charge is 0.379 e. The number of rotatable bonds is 5. The fourth-order valence-corrected chi connectivity index (χ4v) is 3.25. The molecule has 0 spiro atoms. The Bertz CT molecular complexity index is 221. The summed E-state index contributed by atoms with van der Waals surface area (Å²) in [4.78, 5) is 0. The average Bonchev–Trinajstić information content (AvgIpc) is 2.85. The molecule has 1 heterocycles. The predicted molar refractivity (Wildman–Crippen MR) is 74.7 cm³/mol. The van der Waals surface area contributed by atoms with E-state index >= 15 is 0 Å². The molecule has 1 saturated heterocycles. The van der Waals surface area contributed by atoms with Crippen LogP contribution in [-0.4, -0.2) is 49.9 Å². The van der Waals surface area contributed by atoms with Gasteiger partial charge in [-0.3, -0.25) is 0 Å². The van der Waals surface area contributed by atoms with Gasteiger partial charge in [-0.05, 0) is 25.0 Å². The fraction of sp³-hybridized carbons (Fsp3) is 1.00. The Kier molecular flexibility index (Phi) is 5.60. The third-order valence-electron chi connectivity index (χ3n) is 4.11. The van der Waals surface area contributed by atoms with Crippen molar-refractivity contribution in [3.8, 4) is 0 Å². The summed E-state index contributed by atoms with van der Waals surface area (Å²) in [7, 11) is 0. The lowest BCUT2D eigenvalue weighted by atomic mass is 9.94. The van der Waals surface area contributed by atoms with Crippen LogP contribution in [0.5, 0.6) is 0 Å². The van der Waals surface area contributed by atoms with Crippen LogP contribution < -0.4 is 10.6 Å². The maximum Gasteiger partial charge on any atom is 0.0623 e. The molecule has 1 aliphatic heterocycles. The van der Waals surface area contributed by atoms with Crippen molar-refractivity contribution in [2.75, 3.05) is 32.6 Å². The number of nitrogens with one attached hydrogen (secondary N) is 2. The molecule has 2 N–H and O–H groups in total. The lowest BCUT2D eigenvalue weighted by Crippen LogP contribution is -2.51. The summed E-state index contributed by atoms with van der Waals surface area (Å²) < 4.78 is 5.60. The van der Waals surface area contributed by atoms with E-state index in [1.165, 1.54) is 19.3 Å². The van der Waals surface area contributed by atoms with E-state index < -0.39 is 0 Å². The topological polar surface area (TPSA) is 33.3 Å². The van der Waals surface area contributed by atoms with Crippen molar-refractivity contribution in [1.82, 2.24) is 10.6 Å². The van der Waals surface area contributed by atoms with Crippen molar-refractivity contribution in [3.05, 3.63) is 0 Å². The molecule has 0 aromatic heterocycles. The molecule has 2 aliphatic rings. The fourth-order valence-electron chi connectivity index (χ4n) is 2.99. The molecule has 0 aromatic carbocycles. The number of morpholine rings is 1. The van der Waals surface area contributed by atoms with Crippen LogP contribution in [0.1, 0.15) is 26.2 Å². The highest BCUT2D eigenvalue weighted by Crippen LogP contribution is 2.29. The smallest absolute Gasteiger partial charge is 0.0623 e. The van der Waals surface area contributed by atoms with Crippen molar-refractivity contribution in [2.45, 2.75) is 43.5 Å². The molecule has 1 saturated carbocycles. The summed E-state index contributed by atoms with van der Waals surface area (Å²) in [6.07, 6.45) is 6.25. The van der Waals surface area contributed by atoms with Crippen LogP contribution in [0, 0.1) is 5.92 Å². The Morgan fingerprint density at radius 1 is 1.47 bits per heavy atom. The van der Waals surface area contributed by atoms with Gasteiger partial charge in [0, 0.05) is 30.4 Å². The number of ether oxygens (including phenoxy) is 1. The zero-order chi connectivity index (χ0) is 12.1. The van der Waals surface area contributed by atoms with Gasteiger partial charge >= 0.3 is 0 Å². The van der Waals surface area contributed by atoms with E-state index in [2.05, 4.69) is 23.8 Å². The van der Waals surface area contributed by atoms with E-state index in [0.717, 1.165) is 32.2 Å². The van der Waals surface area contributed by atoms with Crippen LogP contribution in [0.15, 0.2) is 0 Å². The second kappa shape index (κ2) is 6.98. The van der Waals surface area contributed by atoms with Crippen molar-refractivity contribution in [2.24, 2.45) is 5.92 Å². The van der Waals surface area contributed by atoms with Crippen molar-refractivity contribution >= 4 is 11.8 Å². The van der Waals surface area contributed by atoms with Gasteiger partial charge in [-0.25, -0.2) is 0 Å². The predicted octanol–water partition coefficient (Wildman–Crippen LogP) is 1.48. The van der Waals surface area contributed by atoms with E-state index in [9.17, 15) is 0 Å². The van der Waals surface area contributed by atoms with Gasteiger partial charge in [0.25, 0.3) is 0 Å². The summed E-state index contributed by atoms with van der Waals surface area (Å²) in [5, 5.41) is 8.10. The standard InChI is InChI=1S/C13H26N2OS/c1-10(17-2)8-15-12-5-3-4-11(12)13-9-16-7-6-14-13/h10-15H,3-9H2,1-2H3. The van der Waals surface area contributed by atoms with E-state index in [1.54, 1.807) is 0 Å². The van der Waals surface area contributed by atoms with Crippen LogP contribution in [0.4, 0.5) is 0 Å². The summed E-state index contributed by atoms with van der Waals surface area (Å²) in [5.74, 6) is 0.768. The first kappa shape index (κ1) is 13.7. The van der Waals surface area contributed by atoms with E-state index in [-0.39, 0.29) is 0 Å². The second-order valence-corrected chi connectivity index (χ2v) is 6.57. The van der Waals surface area contributed by atoms with Gasteiger partial charge in [-0.2, -0.15) is 11.8 Å². The van der Waals surface area contributed by atoms with Crippen LogP contribution in [0.25, 0.3) is 0 Å². The molecule has 2 fully saturated rings. The first-order chi connectivity index (χ1) is 8.31. The highest BCUT2D eigenvalue weighted by atomic mass is 32.2. The quantitative estimate of drug-likeness (QED) is 0.783. The third kappa shape index (κ3) is 3.85. The average molecular weight is 258 g/mol. The minimum Gasteiger partial charge on any atom is -0.379 e. The summed E-state index contributed by atoms with van der Waals surface area (Å²) in [5.41, 5.74) is 0. The maximum atomic E-state index is 5.60. The molecule has 0 bridgehead atoms. The molecule has 0 radical (unpaired) electrons. The van der Waals surface area contributed by atoms with E-state index in [4.69, 9.17) is 4.74 Å². The Balaban J connectivity index is 1.79. The molecule has 2 rings (SSSR count). The van der Waals surface area contributed by atoms with Crippen LogP contribution in [-0.2, 0) is 4.74 Å². The zero-order valence-corrected chi connectivity index (χ0v) is 11.9. The Labute approximate surface area is 109 Å². The van der Waals surface area contributed by atoms with Gasteiger partial charge in [0.05, 0.1) is 13.2 Å². The monoisotopic (exact) mass is 258 g/mol. The molecule has 17 heavy (non-hydrogen) atoms. The molecular formula is C13H26N2OS. The van der Waals surface area contributed by atoms with Crippen LogP contribution in [0.3, 0.4) is 0 Å². The molecule has 3 nitrogen and oxygen atoms in total. The molecule has 4 atom stereocenters. The van der Waals surface area contributed by atoms with Gasteiger partial charge < -0.3 is 15.4 Å². The van der Waals surface area contributed by atoms with Crippen LogP contribution in [0.2, 0.25) is 0 Å². The minimum absolute atomic E-state index is 0.577. The number of hydrogen-bond acceptors (Lipinski definition) is 4. The normalized spacial score (nSPS) is 36.0. The Hall–Kier alpha value is 0.230. The molecule has 0 aromatic rings. The molecule has 1 aliphatic carbocycles. The molecule has 100 valence electrons. The first-order valence-corrected chi connectivity index (χ1v) is 8.17. The highest BCUT2D eigenvalue weighted by molar-refractivity contribution is 7.99. The molecule has 4 unspecified atom stereocenters. The first-order valence-electron chi connectivity index (χ1n) is 6.88. The molecule has 0 amide bonds. The van der Waals surface area contributed by atoms with Crippen LogP contribution >= 0.6 is 11.8 Å². The minimum atomic E-state index is 0.577. The van der Waals surface area contributed by atoms with E-state index in [1.807, 2.05) is 11.8 Å². The van der Waals surface area contributed by atoms with Gasteiger partial charge in [-0.15, -0.1) is 0 Å². The highest BCUT2D eigenvalue weighted by Gasteiger charge is 2.34. The van der Waals surface area contributed by atoms with Crippen molar-refractivity contribution in [3.63, 3.8) is 0 Å². The van der Waals surface area contributed by atoms with Gasteiger partial charge in [-0.1, -0.05) is 13.3 Å². The molecular weight excluding hydrogens is 232 g/mol.